The predicted octanol–water partition coefficient (Wildman–Crippen LogP) is 9.52. The van der Waals surface area contributed by atoms with E-state index in [1.54, 1.807) is 30.3 Å². The third-order valence-corrected chi connectivity index (χ3v) is 7.63. The van der Waals surface area contributed by atoms with Crippen molar-refractivity contribution >= 4 is 5.97 Å². The van der Waals surface area contributed by atoms with E-state index >= 15 is 4.39 Å². The quantitative estimate of drug-likeness (QED) is 0.162. The van der Waals surface area contributed by atoms with E-state index in [0.29, 0.717) is 22.8 Å². The number of hydrogen-bond donors (Lipinski definition) is 0. The number of halogens is 1. The van der Waals surface area contributed by atoms with Gasteiger partial charge in [0, 0.05) is 5.56 Å². The van der Waals surface area contributed by atoms with E-state index in [2.05, 4.69) is 19.9 Å². The summed E-state index contributed by atoms with van der Waals surface area (Å²) in [6.07, 6.45) is 12.2. The Kier molecular flexibility index (Phi) is 9.33. The highest BCUT2D eigenvalue weighted by molar-refractivity contribution is 5.91. The Morgan fingerprint density at radius 1 is 0.861 bits per heavy atom. The monoisotopic (exact) mass is 486 g/mol. The second kappa shape index (κ2) is 12.9. The largest absolute Gasteiger partial charge is 0.423 e. The summed E-state index contributed by atoms with van der Waals surface area (Å²) in [6, 6.07) is 20.3. The van der Waals surface area contributed by atoms with E-state index < -0.39 is 5.97 Å². The molecule has 0 radical (unpaired) electrons. The Labute approximate surface area is 215 Å². The number of rotatable bonds is 10. The lowest BCUT2D eigenvalue weighted by Crippen LogP contribution is -2.13. The van der Waals surface area contributed by atoms with Gasteiger partial charge in [0.25, 0.3) is 0 Å². The van der Waals surface area contributed by atoms with Gasteiger partial charge in [-0.1, -0.05) is 82.3 Å². The van der Waals surface area contributed by atoms with Crippen LogP contribution in [-0.4, -0.2) is 5.97 Å². The first-order chi connectivity index (χ1) is 17.6. The van der Waals surface area contributed by atoms with Crippen LogP contribution in [-0.2, 0) is 6.42 Å². The van der Waals surface area contributed by atoms with Crippen molar-refractivity contribution in [2.75, 3.05) is 0 Å². The number of hydrogen-bond acceptors (Lipinski definition) is 2. The zero-order valence-corrected chi connectivity index (χ0v) is 21.8. The Bertz CT molecular complexity index is 1110. The molecule has 1 aliphatic rings. The van der Waals surface area contributed by atoms with Crippen molar-refractivity contribution in [3.8, 4) is 16.9 Å². The highest BCUT2D eigenvalue weighted by Gasteiger charge is 2.23. The fraction of sp³-hybridized carbons (Fsp3) is 0.424. The molecular weight excluding hydrogens is 447 g/mol. The molecule has 3 heteroatoms. The summed E-state index contributed by atoms with van der Waals surface area (Å²) >= 11 is 0. The van der Waals surface area contributed by atoms with Crippen LogP contribution in [0.25, 0.3) is 11.1 Å². The summed E-state index contributed by atoms with van der Waals surface area (Å²) in [7, 11) is 0. The maximum Gasteiger partial charge on any atom is 0.343 e. The van der Waals surface area contributed by atoms with Gasteiger partial charge in [0.15, 0.2) is 0 Å². The van der Waals surface area contributed by atoms with Crippen LogP contribution in [0, 0.1) is 11.7 Å². The van der Waals surface area contributed by atoms with Crippen LogP contribution in [0.15, 0.2) is 66.7 Å². The number of carbonyl (C=O) groups excluding carboxylic acids is 1. The molecule has 3 aromatic rings. The van der Waals surface area contributed by atoms with Crippen molar-refractivity contribution in [3.63, 3.8) is 0 Å². The molecule has 3 aromatic carbocycles. The van der Waals surface area contributed by atoms with Gasteiger partial charge in [0.2, 0.25) is 0 Å². The molecule has 1 aliphatic carbocycles. The Morgan fingerprint density at radius 2 is 1.58 bits per heavy atom. The van der Waals surface area contributed by atoms with Crippen LogP contribution in [0.2, 0.25) is 0 Å². The summed E-state index contributed by atoms with van der Waals surface area (Å²) in [5.74, 6) is 1.23. The minimum atomic E-state index is -0.411. The minimum Gasteiger partial charge on any atom is -0.423 e. The molecule has 0 atom stereocenters. The van der Waals surface area contributed by atoms with Gasteiger partial charge >= 0.3 is 5.97 Å². The molecule has 1 fully saturated rings. The van der Waals surface area contributed by atoms with Crippen molar-refractivity contribution in [1.82, 2.24) is 0 Å². The van der Waals surface area contributed by atoms with Crippen LogP contribution in [0.3, 0.4) is 0 Å². The molecule has 0 aromatic heterocycles. The minimum absolute atomic E-state index is 0.194. The zero-order valence-electron chi connectivity index (χ0n) is 21.8. The summed E-state index contributed by atoms with van der Waals surface area (Å²) < 4.78 is 20.6. The van der Waals surface area contributed by atoms with E-state index in [1.807, 2.05) is 30.3 Å². The fourth-order valence-electron chi connectivity index (χ4n) is 5.45. The molecule has 0 bridgehead atoms. The van der Waals surface area contributed by atoms with E-state index in [4.69, 9.17) is 4.74 Å². The topological polar surface area (TPSA) is 26.3 Å². The lowest BCUT2D eigenvalue weighted by molar-refractivity contribution is 0.0734. The number of esters is 1. The molecule has 0 aliphatic heterocycles. The number of ether oxygens (including phenoxy) is 1. The van der Waals surface area contributed by atoms with E-state index in [-0.39, 0.29) is 5.82 Å². The van der Waals surface area contributed by atoms with Gasteiger partial charge < -0.3 is 4.74 Å². The normalized spacial score (nSPS) is 17.6. The summed E-state index contributed by atoms with van der Waals surface area (Å²) in [6.45, 7) is 4.39. The standard InChI is InChI=1S/C33H39FO2/c1-3-5-6-8-25-9-13-26(14-10-25)29-19-22-31(32(34)23-29)27-15-17-28(18-16-27)33(35)36-30-20-11-24(7-4-2)12-21-30/h11-12,15-23,25-26H,3-10,13-14H2,1-2H3. The molecule has 0 amide bonds. The fourth-order valence-corrected chi connectivity index (χ4v) is 5.45. The third-order valence-electron chi connectivity index (χ3n) is 7.63. The first kappa shape index (κ1) is 26.1. The molecule has 0 heterocycles. The maximum absolute atomic E-state index is 15.1. The second-order valence-corrected chi connectivity index (χ2v) is 10.3. The summed E-state index contributed by atoms with van der Waals surface area (Å²) in [5.41, 5.74) is 4.12. The van der Waals surface area contributed by atoms with E-state index in [9.17, 15) is 4.79 Å². The van der Waals surface area contributed by atoms with E-state index in [1.165, 1.54) is 44.1 Å². The van der Waals surface area contributed by atoms with Crippen molar-refractivity contribution in [3.05, 3.63) is 89.2 Å². The highest BCUT2D eigenvalue weighted by atomic mass is 19.1. The number of benzene rings is 3. The van der Waals surface area contributed by atoms with Crippen LogP contribution in [0.4, 0.5) is 4.39 Å². The molecule has 0 unspecified atom stereocenters. The van der Waals surface area contributed by atoms with Gasteiger partial charge in [-0.2, -0.15) is 0 Å². The van der Waals surface area contributed by atoms with Crippen molar-refractivity contribution in [2.45, 2.75) is 84.0 Å². The lowest BCUT2D eigenvalue weighted by Gasteiger charge is -2.29. The van der Waals surface area contributed by atoms with Gasteiger partial charge in [-0.15, -0.1) is 0 Å². The van der Waals surface area contributed by atoms with Crippen LogP contribution in [0.5, 0.6) is 5.75 Å². The molecule has 190 valence electrons. The number of aryl methyl sites for hydroxylation is 1. The van der Waals surface area contributed by atoms with Crippen molar-refractivity contribution < 1.29 is 13.9 Å². The van der Waals surface area contributed by atoms with Crippen LogP contribution < -0.4 is 4.74 Å². The average molecular weight is 487 g/mol. The first-order valence-corrected chi connectivity index (χ1v) is 13.8. The molecule has 4 rings (SSSR count). The van der Waals surface area contributed by atoms with Gasteiger partial charge in [-0.05, 0) is 91.0 Å². The molecule has 0 saturated heterocycles. The molecule has 1 saturated carbocycles. The number of unbranched alkanes of at least 4 members (excludes halogenated alkanes) is 2. The van der Waals surface area contributed by atoms with Gasteiger partial charge in [0.05, 0.1) is 5.56 Å². The van der Waals surface area contributed by atoms with Gasteiger partial charge in [0.1, 0.15) is 11.6 Å². The zero-order chi connectivity index (χ0) is 25.3. The van der Waals surface area contributed by atoms with Gasteiger partial charge in [-0.3, -0.25) is 0 Å². The lowest BCUT2D eigenvalue weighted by atomic mass is 9.77. The summed E-state index contributed by atoms with van der Waals surface area (Å²) in [5, 5.41) is 0. The average Bonchev–Trinajstić information content (AvgIpc) is 2.90. The Morgan fingerprint density at radius 3 is 2.22 bits per heavy atom. The van der Waals surface area contributed by atoms with E-state index in [0.717, 1.165) is 42.7 Å². The third kappa shape index (κ3) is 6.84. The second-order valence-electron chi connectivity index (χ2n) is 10.3. The molecular formula is C33H39FO2. The SMILES string of the molecule is CCCCCC1CCC(c2ccc(-c3ccc(C(=O)Oc4ccc(CCC)cc4)cc3)c(F)c2)CC1. The Balaban J connectivity index is 1.35. The predicted molar refractivity (Wildman–Crippen MR) is 146 cm³/mol. The van der Waals surface area contributed by atoms with Gasteiger partial charge in [-0.25, -0.2) is 9.18 Å². The molecule has 0 N–H and O–H groups in total. The van der Waals surface area contributed by atoms with Crippen LogP contribution >= 0.6 is 0 Å². The molecule has 36 heavy (non-hydrogen) atoms. The smallest absolute Gasteiger partial charge is 0.343 e. The first-order valence-electron chi connectivity index (χ1n) is 13.8. The highest BCUT2D eigenvalue weighted by Crippen LogP contribution is 2.39. The summed E-state index contributed by atoms with van der Waals surface area (Å²) in [4.78, 5) is 12.6. The van der Waals surface area contributed by atoms with Crippen molar-refractivity contribution in [1.29, 1.82) is 0 Å². The Hall–Kier alpha value is -2.94. The molecule has 0 spiro atoms. The van der Waals surface area contributed by atoms with Crippen LogP contribution in [0.1, 0.15) is 99.0 Å². The number of carbonyl (C=O) groups is 1. The van der Waals surface area contributed by atoms with Crippen molar-refractivity contribution in [2.24, 2.45) is 5.92 Å². The maximum atomic E-state index is 15.1. The molecule has 2 nitrogen and oxygen atoms in total.